The van der Waals surface area contributed by atoms with Crippen LogP contribution in [0.25, 0.3) is 0 Å². The molecular formula is C15H26N2O3. The third kappa shape index (κ3) is 5.86. The monoisotopic (exact) mass is 282 g/mol. The maximum Gasteiger partial charge on any atom is 0.193 e. The molecule has 5 nitrogen and oxygen atoms in total. The molecule has 0 bridgehead atoms. The van der Waals surface area contributed by atoms with E-state index in [4.69, 9.17) is 9.47 Å². The van der Waals surface area contributed by atoms with Crippen LogP contribution >= 0.6 is 0 Å². The summed E-state index contributed by atoms with van der Waals surface area (Å²) in [5.74, 6) is 0.130. The summed E-state index contributed by atoms with van der Waals surface area (Å²) in [6, 6.07) is 3.74. The summed E-state index contributed by atoms with van der Waals surface area (Å²) in [6.07, 6.45) is 1.89. The lowest BCUT2D eigenvalue weighted by Gasteiger charge is -2.21. The van der Waals surface area contributed by atoms with E-state index in [1.54, 1.807) is 0 Å². The van der Waals surface area contributed by atoms with Gasteiger partial charge in [0, 0.05) is 39.5 Å². The predicted octanol–water partition coefficient (Wildman–Crippen LogP) is 1.58. The normalized spacial score (nSPS) is 11.2. The van der Waals surface area contributed by atoms with Gasteiger partial charge in [-0.1, -0.05) is 0 Å². The highest BCUT2D eigenvalue weighted by molar-refractivity contribution is 5.96. The third-order valence-electron chi connectivity index (χ3n) is 3.11. The SMILES string of the molecule is CCOCCN(CCOCC)CC(=O)c1cccn1C. The van der Waals surface area contributed by atoms with Gasteiger partial charge in [0.2, 0.25) is 0 Å². The van der Waals surface area contributed by atoms with E-state index in [-0.39, 0.29) is 5.78 Å². The van der Waals surface area contributed by atoms with Crippen molar-refractivity contribution in [3.63, 3.8) is 0 Å². The number of ketones is 1. The second-order valence-corrected chi connectivity index (χ2v) is 4.60. The van der Waals surface area contributed by atoms with E-state index in [9.17, 15) is 4.79 Å². The van der Waals surface area contributed by atoms with E-state index in [0.29, 0.717) is 33.0 Å². The minimum Gasteiger partial charge on any atom is -0.380 e. The van der Waals surface area contributed by atoms with E-state index in [1.165, 1.54) is 0 Å². The first-order valence-corrected chi connectivity index (χ1v) is 7.21. The standard InChI is InChI=1S/C15H26N2O3/c1-4-19-11-9-17(10-12-20-5-2)13-15(18)14-7-6-8-16(14)3/h6-8H,4-5,9-13H2,1-3H3. The molecule has 0 spiro atoms. The molecule has 0 aromatic carbocycles. The van der Waals surface area contributed by atoms with E-state index in [0.717, 1.165) is 18.8 Å². The number of hydrogen-bond acceptors (Lipinski definition) is 4. The van der Waals surface area contributed by atoms with Crippen molar-refractivity contribution in [3.8, 4) is 0 Å². The van der Waals surface area contributed by atoms with Crippen LogP contribution in [0, 0.1) is 0 Å². The fourth-order valence-electron chi connectivity index (χ4n) is 1.98. The molecule has 20 heavy (non-hydrogen) atoms. The number of carbonyl (C=O) groups excluding carboxylic acids is 1. The van der Waals surface area contributed by atoms with Gasteiger partial charge in [-0.3, -0.25) is 9.69 Å². The van der Waals surface area contributed by atoms with Gasteiger partial charge in [0.25, 0.3) is 0 Å². The summed E-state index contributed by atoms with van der Waals surface area (Å²) < 4.78 is 12.6. The maximum absolute atomic E-state index is 12.3. The first kappa shape index (κ1) is 16.9. The molecule has 1 aromatic heterocycles. The summed E-state index contributed by atoms with van der Waals surface area (Å²) in [5, 5.41) is 0. The fourth-order valence-corrected chi connectivity index (χ4v) is 1.98. The van der Waals surface area contributed by atoms with E-state index in [2.05, 4.69) is 4.90 Å². The zero-order valence-corrected chi connectivity index (χ0v) is 12.8. The number of Topliss-reactive ketones (excluding diaryl/α,β-unsaturated/α-hetero) is 1. The first-order valence-electron chi connectivity index (χ1n) is 7.21. The molecule has 0 fully saturated rings. The molecule has 0 atom stereocenters. The maximum atomic E-state index is 12.3. The van der Waals surface area contributed by atoms with Crippen LogP contribution in [0.2, 0.25) is 0 Å². The van der Waals surface area contributed by atoms with Gasteiger partial charge >= 0.3 is 0 Å². The average molecular weight is 282 g/mol. The highest BCUT2D eigenvalue weighted by atomic mass is 16.5. The van der Waals surface area contributed by atoms with Gasteiger partial charge < -0.3 is 14.0 Å². The van der Waals surface area contributed by atoms with Gasteiger partial charge in [0.1, 0.15) is 0 Å². The van der Waals surface area contributed by atoms with Crippen molar-refractivity contribution in [1.82, 2.24) is 9.47 Å². The number of nitrogens with zero attached hydrogens (tertiary/aromatic N) is 2. The summed E-state index contributed by atoms with van der Waals surface area (Å²) in [6.45, 7) is 8.52. The number of aromatic nitrogens is 1. The summed E-state index contributed by atoms with van der Waals surface area (Å²) in [5.41, 5.74) is 0.739. The van der Waals surface area contributed by atoms with Crippen molar-refractivity contribution < 1.29 is 14.3 Å². The van der Waals surface area contributed by atoms with Gasteiger partial charge in [-0.2, -0.15) is 0 Å². The largest absolute Gasteiger partial charge is 0.380 e. The molecule has 5 heteroatoms. The molecule has 0 unspecified atom stereocenters. The molecule has 0 radical (unpaired) electrons. The highest BCUT2D eigenvalue weighted by Crippen LogP contribution is 2.03. The fraction of sp³-hybridized carbons (Fsp3) is 0.667. The van der Waals surface area contributed by atoms with Crippen LogP contribution in [0.4, 0.5) is 0 Å². The molecule has 0 aliphatic heterocycles. The van der Waals surface area contributed by atoms with E-state index in [1.807, 2.05) is 43.8 Å². The Balaban J connectivity index is 2.49. The van der Waals surface area contributed by atoms with Crippen molar-refractivity contribution in [3.05, 3.63) is 24.0 Å². The van der Waals surface area contributed by atoms with Crippen LogP contribution in [0.15, 0.2) is 18.3 Å². The number of aryl methyl sites for hydroxylation is 1. The van der Waals surface area contributed by atoms with Gasteiger partial charge in [-0.05, 0) is 26.0 Å². The van der Waals surface area contributed by atoms with E-state index >= 15 is 0 Å². The second-order valence-electron chi connectivity index (χ2n) is 4.60. The van der Waals surface area contributed by atoms with Crippen molar-refractivity contribution in [1.29, 1.82) is 0 Å². The lowest BCUT2D eigenvalue weighted by atomic mass is 10.2. The molecule has 0 aliphatic carbocycles. The second kappa shape index (κ2) is 9.69. The Morgan fingerprint density at radius 2 is 1.80 bits per heavy atom. The van der Waals surface area contributed by atoms with Crippen LogP contribution in [0.5, 0.6) is 0 Å². The Hall–Kier alpha value is -1.17. The summed E-state index contributed by atoms with van der Waals surface area (Å²) >= 11 is 0. The zero-order valence-electron chi connectivity index (χ0n) is 12.8. The molecule has 114 valence electrons. The molecular weight excluding hydrogens is 256 g/mol. The zero-order chi connectivity index (χ0) is 14.8. The van der Waals surface area contributed by atoms with Gasteiger partial charge in [0.05, 0.1) is 25.5 Å². The number of hydrogen-bond donors (Lipinski definition) is 0. The Morgan fingerprint density at radius 1 is 1.20 bits per heavy atom. The van der Waals surface area contributed by atoms with Crippen molar-refractivity contribution in [2.45, 2.75) is 13.8 Å². The molecule has 0 saturated heterocycles. The Morgan fingerprint density at radius 3 is 2.25 bits per heavy atom. The summed E-state index contributed by atoms with van der Waals surface area (Å²) in [7, 11) is 1.89. The van der Waals surface area contributed by atoms with Crippen molar-refractivity contribution >= 4 is 5.78 Å². The van der Waals surface area contributed by atoms with Crippen LogP contribution in [0.1, 0.15) is 24.3 Å². The van der Waals surface area contributed by atoms with Gasteiger partial charge in [-0.25, -0.2) is 0 Å². The summed E-state index contributed by atoms with van der Waals surface area (Å²) in [4.78, 5) is 14.3. The molecule has 1 heterocycles. The van der Waals surface area contributed by atoms with Crippen molar-refractivity contribution in [2.75, 3.05) is 46.1 Å². The van der Waals surface area contributed by atoms with Crippen LogP contribution in [-0.2, 0) is 16.5 Å². The number of carbonyl (C=O) groups is 1. The average Bonchev–Trinajstić information content (AvgIpc) is 2.85. The number of ether oxygens (including phenoxy) is 2. The topological polar surface area (TPSA) is 43.7 Å². The lowest BCUT2D eigenvalue weighted by Crippen LogP contribution is -2.36. The minimum atomic E-state index is 0.130. The minimum absolute atomic E-state index is 0.130. The molecule has 0 amide bonds. The lowest BCUT2D eigenvalue weighted by molar-refractivity contribution is 0.0721. The predicted molar refractivity (Wildman–Crippen MR) is 79.2 cm³/mol. The van der Waals surface area contributed by atoms with Crippen LogP contribution in [0.3, 0.4) is 0 Å². The Bertz CT molecular complexity index is 380. The van der Waals surface area contributed by atoms with Crippen LogP contribution < -0.4 is 0 Å². The Kier molecular flexibility index (Phi) is 8.18. The quantitative estimate of drug-likeness (QED) is 0.456. The molecule has 1 aromatic rings. The van der Waals surface area contributed by atoms with Gasteiger partial charge in [-0.15, -0.1) is 0 Å². The molecule has 0 aliphatic rings. The first-order chi connectivity index (χ1) is 9.69. The molecule has 0 saturated carbocycles. The van der Waals surface area contributed by atoms with Gasteiger partial charge in [0.15, 0.2) is 5.78 Å². The molecule has 1 rings (SSSR count). The van der Waals surface area contributed by atoms with E-state index < -0.39 is 0 Å². The van der Waals surface area contributed by atoms with Crippen LogP contribution in [-0.4, -0.2) is 61.3 Å². The number of rotatable bonds is 11. The highest BCUT2D eigenvalue weighted by Gasteiger charge is 2.14. The smallest absolute Gasteiger partial charge is 0.193 e. The third-order valence-corrected chi connectivity index (χ3v) is 3.11. The Labute approximate surface area is 121 Å². The molecule has 0 N–H and O–H groups in total. The van der Waals surface area contributed by atoms with Crippen molar-refractivity contribution in [2.24, 2.45) is 7.05 Å².